The van der Waals surface area contributed by atoms with E-state index in [1.54, 1.807) is 0 Å². The van der Waals surface area contributed by atoms with Crippen molar-refractivity contribution in [3.05, 3.63) is 34.1 Å². The van der Waals surface area contributed by atoms with Gasteiger partial charge in [0.1, 0.15) is 11.9 Å². The van der Waals surface area contributed by atoms with Gasteiger partial charge in [-0.3, -0.25) is 14.4 Å². The zero-order chi connectivity index (χ0) is 15.6. The number of aliphatic carboxylic acids is 1. The number of halogens is 2. The Kier molecular flexibility index (Phi) is 4.56. The van der Waals surface area contributed by atoms with Gasteiger partial charge in [-0.05, 0) is 34.1 Å². The van der Waals surface area contributed by atoms with Crippen molar-refractivity contribution in [2.45, 2.75) is 12.5 Å². The van der Waals surface area contributed by atoms with Crippen LogP contribution in [0.3, 0.4) is 0 Å². The predicted molar refractivity (Wildman–Crippen MR) is 74.2 cm³/mol. The molecule has 1 fully saturated rings. The number of carboxylic acids is 1. The Balaban J connectivity index is 2.32. The fraction of sp³-hybridized carbons (Fsp3) is 0.308. The molecule has 21 heavy (non-hydrogen) atoms. The first-order valence-corrected chi connectivity index (χ1v) is 6.95. The molecule has 6 nitrogen and oxygen atoms in total. The molecule has 1 unspecified atom stereocenters. The van der Waals surface area contributed by atoms with Crippen molar-refractivity contribution in [2.24, 2.45) is 0 Å². The molecule has 2 N–H and O–H groups in total. The standard InChI is InChI=1S/C13H12BrFN2O4/c14-9-2-1-7(15)5-8(9)13(21)17-4-3-16-12(20)10(17)6-11(18)19/h1-2,5,10H,3-4,6H2,(H,16,20)(H,18,19). The Morgan fingerprint density at radius 2 is 2.19 bits per heavy atom. The summed E-state index contributed by atoms with van der Waals surface area (Å²) in [4.78, 5) is 36.3. The van der Waals surface area contributed by atoms with Crippen LogP contribution in [0.1, 0.15) is 16.8 Å². The Bertz CT molecular complexity index is 608. The summed E-state index contributed by atoms with van der Waals surface area (Å²) < 4.78 is 13.7. The average Bonchev–Trinajstić information content (AvgIpc) is 2.42. The van der Waals surface area contributed by atoms with E-state index in [1.165, 1.54) is 12.1 Å². The van der Waals surface area contributed by atoms with Gasteiger partial charge in [-0.25, -0.2) is 4.39 Å². The lowest BCUT2D eigenvalue weighted by molar-refractivity contribution is -0.142. The number of carbonyl (C=O) groups is 3. The number of benzene rings is 1. The Labute approximate surface area is 128 Å². The van der Waals surface area contributed by atoms with E-state index in [-0.39, 0.29) is 18.7 Å². The Morgan fingerprint density at radius 3 is 2.86 bits per heavy atom. The minimum Gasteiger partial charge on any atom is -0.481 e. The molecule has 1 aromatic rings. The number of nitrogens with zero attached hydrogens (tertiary/aromatic N) is 1. The van der Waals surface area contributed by atoms with Crippen molar-refractivity contribution in [1.29, 1.82) is 0 Å². The number of carboxylic acid groups (broad SMARTS) is 1. The number of piperazine rings is 1. The molecule has 112 valence electrons. The normalized spacial score (nSPS) is 18.3. The third-order valence-corrected chi connectivity index (χ3v) is 3.81. The molecule has 8 heteroatoms. The van der Waals surface area contributed by atoms with Crippen molar-refractivity contribution >= 4 is 33.7 Å². The molecular weight excluding hydrogens is 347 g/mol. The molecule has 1 saturated heterocycles. The Hall–Kier alpha value is -1.96. The summed E-state index contributed by atoms with van der Waals surface area (Å²) in [5.74, 6) is -2.88. The maximum absolute atomic E-state index is 13.3. The van der Waals surface area contributed by atoms with Gasteiger partial charge in [-0.1, -0.05) is 0 Å². The molecule has 1 heterocycles. The first-order chi connectivity index (χ1) is 9.90. The van der Waals surface area contributed by atoms with Crippen molar-refractivity contribution in [3.8, 4) is 0 Å². The molecule has 0 saturated carbocycles. The van der Waals surface area contributed by atoms with E-state index in [0.29, 0.717) is 4.47 Å². The summed E-state index contributed by atoms with van der Waals surface area (Å²) in [7, 11) is 0. The summed E-state index contributed by atoms with van der Waals surface area (Å²) in [6.45, 7) is 0.402. The van der Waals surface area contributed by atoms with Crippen molar-refractivity contribution < 1.29 is 23.9 Å². The molecule has 1 atom stereocenters. The Morgan fingerprint density at radius 1 is 1.48 bits per heavy atom. The number of rotatable bonds is 3. The number of amides is 2. The smallest absolute Gasteiger partial charge is 0.305 e. The third kappa shape index (κ3) is 3.38. The van der Waals surface area contributed by atoms with Crippen LogP contribution >= 0.6 is 15.9 Å². The highest BCUT2D eigenvalue weighted by molar-refractivity contribution is 9.10. The average molecular weight is 359 g/mol. The summed E-state index contributed by atoms with van der Waals surface area (Å²) in [5, 5.41) is 11.4. The summed E-state index contributed by atoms with van der Waals surface area (Å²) in [5.41, 5.74) is 0.0556. The molecule has 0 radical (unpaired) electrons. The van der Waals surface area contributed by atoms with Gasteiger partial charge < -0.3 is 15.3 Å². The van der Waals surface area contributed by atoms with Crippen LogP contribution in [0, 0.1) is 5.82 Å². The monoisotopic (exact) mass is 358 g/mol. The highest BCUT2D eigenvalue weighted by Gasteiger charge is 2.35. The quantitative estimate of drug-likeness (QED) is 0.843. The zero-order valence-electron chi connectivity index (χ0n) is 10.8. The lowest BCUT2D eigenvalue weighted by Gasteiger charge is -2.34. The van der Waals surface area contributed by atoms with Crippen LogP contribution in [0.2, 0.25) is 0 Å². The maximum atomic E-state index is 13.3. The van der Waals surface area contributed by atoms with E-state index in [4.69, 9.17) is 5.11 Å². The van der Waals surface area contributed by atoms with Crippen LogP contribution in [-0.2, 0) is 9.59 Å². The molecule has 0 bridgehead atoms. The molecule has 2 rings (SSSR count). The summed E-state index contributed by atoms with van der Waals surface area (Å²) in [6, 6.07) is 2.53. The summed E-state index contributed by atoms with van der Waals surface area (Å²) in [6.07, 6.45) is -0.496. The van der Waals surface area contributed by atoms with Crippen LogP contribution in [0.4, 0.5) is 4.39 Å². The van der Waals surface area contributed by atoms with Crippen LogP contribution in [0.15, 0.2) is 22.7 Å². The second-order valence-corrected chi connectivity index (χ2v) is 5.38. The van der Waals surface area contributed by atoms with E-state index in [2.05, 4.69) is 21.2 Å². The molecule has 2 amide bonds. The van der Waals surface area contributed by atoms with E-state index in [0.717, 1.165) is 11.0 Å². The predicted octanol–water partition coefficient (Wildman–Crippen LogP) is 1.00. The first-order valence-electron chi connectivity index (χ1n) is 6.15. The van der Waals surface area contributed by atoms with Crippen LogP contribution < -0.4 is 5.32 Å². The van der Waals surface area contributed by atoms with Crippen LogP contribution in [0.25, 0.3) is 0 Å². The molecule has 1 aromatic carbocycles. The van der Waals surface area contributed by atoms with Crippen molar-refractivity contribution in [3.63, 3.8) is 0 Å². The van der Waals surface area contributed by atoms with Gasteiger partial charge in [-0.2, -0.15) is 0 Å². The fourth-order valence-corrected chi connectivity index (χ4v) is 2.56. The van der Waals surface area contributed by atoms with Gasteiger partial charge >= 0.3 is 5.97 Å². The summed E-state index contributed by atoms with van der Waals surface area (Å²) >= 11 is 3.15. The SMILES string of the molecule is O=C(O)CC1C(=O)NCCN1C(=O)c1cc(F)ccc1Br. The van der Waals surface area contributed by atoms with Gasteiger partial charge in [0.2, 0.25) is 5.91 Å². The first kappa shape index (κ1) is 15.4. The molecule has 0 aliphatic carbocycles. The molecule has 0 spiro atoms. The van der Waals surface area contributed by atoms with Gasteiger partial charge in [0.25, 0.3) is 5.91 Å². The van der Waals surface area contributed by atoms with Gasteiger partial charge in [0.15, 0.2) is 0 Å². The highest BCUT2D eigenvalue weighted by atomic mass is 79.9. The second kappa shape index (κ2) is 6.21. The van der Waals surface area contributed by atoms with Crippen LogP contribution in [0.5, 0.6) is 0 Å². The van der Waals surface area contributed by atoms with E-state index < -0.39 is 36.1 Å². The second-order valence-electron chi connectivity index (χ2n) is 4.53. The number of nitrogens with one attached hydrogen (secondary N) is 1. The number of carbonyl (C=O) groups excluding carboxylic acids is 2. The van der Waals surface area contributed by atoms with E-state index in [1.807, 2.05) is 0 Å². The lowest BCUT2D eigenvalue weighted by atomic mass is 10.1. The minimum absolute atomic E-state index is 0.0556. The third-order valence-electron chi connectivity index (χ3n) is 3.12. The van der Waals surface area contributed by atoms with Crippen molar-refractivity contribution in [2.75, 3.05) is 13.1 Å². The topological polar surface area (TPSA) is 86.7 Å². The van der Waals surface area contributed by atoms with Crippen LogP contribution in [-0.4, -0.2) is 46.9 Å². The molecule has 1 aliphatic heterocycles. The maximum Gasteiger partial charge on any atom is 0.305 e. The van der Waals surface area contributed by atoms with E-state index >= 15 is 0 Å². The lowest BCUT2D eigenvalue weighted by Crippen LogP contribution is -2.57. The van der Waals surface area contributed by atoms with E-state index in [9.17, 15) is 18.8 Å². The zero-order valence-corrected chi connectivity index (χ0v) is 12.4. The van der Waals surface area contributed by atoms with Crippen molar-refractivity contribution in [1.82, 2.24) is 10.2 Å². The van der Waals surface area contributed by atoms with Gasteiger partial charge in [0.05, 0.1) is 12.0 Å². The number of hydrogen-bond donors (Lipinski definition) is 2. The molecular formula is C13H12BrFN2O4. The molecule has 0 aromatic heterocycles. The van der Waals surface area contributed by atoms with Gasteiger partial charge in [-0.15, -0.1) is 0 Å². The highest BCUT2D eigenvalue weighted by Crippen LogP contribution is 2.22. The fourth-order valence-electron chi connectivity index (χ4n) is 2.14. The minimum atomic E-state index is -1.19. The number of hydrogen-bond acceptors (Lipinski definition) is 3. The molecule has 1 aliphatic rings. The van der Waals surface area contributed by atoms with Gasteiger partial charge in [0, 0.05) is 17.6 Å². The largest absolute Gasteiger partial charge is 0.481 e.